The molecule has 1 aromatic heterocycles. The number of carbonyl (C=O) groups excluding carboxylic acids is 1. The number of sulfonamides is 1. The number of primary sulfonamides is 1. The second-order valence-electron chi connectivity index (χ2n) is 7.37. The van der Waals surface area contributed by atoms with Crippen LogP contribution in [0.25, 0.3) is 16.7 Å². The maximum Gasteiger partial charge on any atom is 0.238 e. The van der Waals surface area contributed by atoms with Crippen LogP contribution in [0.5, 0.6) is 0 Å². The Balaban J connectivity index is 1.58. The first kappa shape index (κ1) is 22.1. The van der Waals surface area contributed by atoms with Gasteiger partial charge in [-0.2, -0.15) is 0 Å². The molecular formula is C23H22N4O3S2. The maximum absolute atomic E-state index is 12.8. The average Bonchev–Trinajstić information content (AvgIpc) is 3.12. The van der Waals surface area contributed by atoms with Crippen LogP contribution in [0.2, 0.25) is 0 Å². The summed E-state index contributed by atoms with van der Waals surface area (Å²) in [5.41, 5.74) is 4.43. The number of para-hydroxylation sites is 2. The number of anilines is 1. The van der Waals surface area contributed by atoms with Crippen LogP contribution in [-0.4, -0.2) is 29.1 Å². The van der Waals surface area contributed by atoms with Gasteiger partial charge in [-0.15, -0.1) is 0 Å². The van der Waals surface area contributed by atoms with Gasteiger partial charge in [0.2, 0.25) is 15.9 Å². The number of nitrogens with zero attached hydrogens (tertiary/aromatic N) is 2. The molecule has 0 radical (unpaired) electrons. The minimum absolute atomic E-state index is 0.00950. The number of nitrogens with two attached hydrogens (primary N) is 1. The summed E-state index contributed by atoms with van der Waals surface area (Å²) in [5.74, 6) is -0.221. The maximum atomic E-state index is 12.8. The van der Waals surface area contributed by atoms with Crippen molar-refractivity contribution in [2.24, 2.45) is 5.14 Å². The van der Waals surface area contributed by atoms with Crippen LogP contribution >= 0.6 is 11.8 Å². The molecule has 3 N–H and O–H groups in total. The standard InChI is InChI=1S/C23H22N4O3S2/c1-15-7-11-18(12-8-15)27-21-6-4-3-5-20(21)26-23(27)31-16(2)22(28)25-17-9-13-19(14-10-17)32(24,29)30/h3-14,16H,1-2H3,(H,25,28)(H2,24,29,30)/t16-/m0/s1. The number of carbonyl (C=O) groups is 1. The number of rotatable bonds is 6. The van der Waals surface area contributed by atoms with Gasteiger partial charge in [0.25, 0.3) is 0 Å². The summed E-state index contributed by atoms with van der Waals surface area (Å²) in [6.45, 7) is 3.84. The summed E-state index contributed by atoms with van der Waals surface area (Å²) >= 11 is 1.35. The first-order valence-corrected chi connectivity index (χ1v) is 12.3. The third-order valence-electron chi connectivity index (χ3n) is 4.92. The van der Waals surface area contributed by atoms with Gasteiger partial charge in [0, 0.05) is 11.4 Å². The summed E-state index contributed by atoms with van der Waals surface area (Å²) in [4.78, 5) is 17.5. The molecule has 32 heavy (non-hydrogen) atoms. The van der Waals surface area contributed by atoms with Crippen molar-refractivity contribution in [1.82, 2.24) is 9.55 Å². The molecule has 0 fully saturated rings. The first-order chi connectivity index (χ1) is 15.2. The molecule has 1 atom stereocenters. The Hall–Kier alpha value is -3.14. The topological polar surface area (TPSA) is 107 Å². The van der Waals surface area contributed by atoms with Gasteiger partial charge in [-0.3, -0.25) is 9.36 Å². The van der Waals surface area contributed by atoms with E-state index in [-0.39, 0.29) is 10.8 Å². The third-order valence-corrected chi connectivity index (χ3v) is 6.91. The molecule has 0 unspecified atom stereocenters. The minimum atomic E-state index is -3.78. The molecule has 4 rings (SSSR count). The fourth-order valence-electron chi connectivity index (χ4n) is 3.21. The molecule has 1 heterocycles. The SMILES string of the molecule is Cc1ccc(-n2c(S[C@@H](C)C(=O)Nc3ccc(S(N)(=O)=O)cc3)nc3ccccc32)cc1. The van der Waals surface area contributed by atoms with E-state index >= 15 is 0 Å². The molecule has 1 amide bonds. The number of hydrogen-bond donors (Lipinski definition) is 2. The van der Waals surface area contributed by atoms with Crippen LogP contribution in [0, 0.1) is 6.92 Å². The van der Waals surface area contributed by atoms with E-state index < -0.39 is 15.3 Å². The number of benzene rings is 3. The lowest BCUT2D eigenvalue weighted by Gasteiger charge is -2.14. The molecule has 4 aromatic rings. The van der Waals surface area contributed by atoms with E-state index in [0.717, 1.165) is 22.3 Å². The van der Waals surface area contributed by atoms with E-state index in [1.54, 1.807) is 6.92 Å². The van der Waals surface area contributed by atoms with Crippen LogP contribution in [0.3, 0.4) is 0 Å². The van der Waals surface area contributed by atoms with Crippen LogP contribution in [0.1, 0.15) is 12.5 Å². The fourth-order valence-corrected chi connectivity index (χ4v) is 4.67. The zero-order valence-corrected chi connectivity index (χ0v) is 19.2. The van der Waals surface area contributed by atoms with E-state index in [9.17, 15) is 13.2 Å². The molecular weight excluding hydrogens is 444 g/mol. The minimum Gasteiger partial charge on any atom is -0.325 e. The Morgan fingerprint density at radius 1 is 1.03 bits per heavy atom. The summed E-state index contributed by atoms with van der Waals surface area (Å²) in [6, 6.07) is 21.7. The van der Waals surface area contributed by atoms with Gasteiger partial charge >= 0.3 is 0 Å². The highest BCUT2D eigenvalue weighted by Gasteiger charge is 2.20. The van der Waals surface area contributed by atoms with Crippen molar-refractivity contribution in [3.63, 3.8) is 0 Å². The smallest absolute Gasteiger partial charge is 0.238 e. The highest BCUT2D eigenvalue weighted by molar-refractivity contribution is 8.00. The van der Waals surface area contributed by atoms with Crippen LogP contribution in [0.15, 0.2) is 82.8 Å². The average molecular weight is 467 g/mol. The normalized spacial score (nSPS) is 12.6. The Morgan fingerprint density at radius 3 is 2.34 bits per heavy atom. The van der Waals surface area contributed by atoms with Crippen molar-refractivity contribution >= 4 is 44.4 Å². The van der Waals surface area contributed by atoms with Gasteiger partial charge in [0.1, 0.15) is 0 Å². The predicted molar refractivity (Wildman–Crippen MR) is 128 cm³/mol. The van der Waals surface area contributed by atoms with Crippen LogP contribution < -0.4 is 10.5 Å². The quantitative estimate of drug-likeness (QED) is 0.416. The number of imidazole rings is 1. The van der Waals surface area contributed by atoms with Crippen molar-refractivity contribution < 1.29 is 13.2 Å². The summed E-state index contributed by atoms with van der Waals surface area (Å²) in [5, 5.41) is 8.19. The van der Waals surface area contributed by atoms with E-state index in [1.807, 2.05) is 60.0 Å². The second kappa shape index (κ2) is 8.78. The molecule has 0 aliphatic carbocycles. The van der Waals surface area contributed by atoms with Gasteiger partial charge in [0.05, 0.1) is 21.2 Å². The molecule has 0 saturated carbocycles. The van der Waals surface area contributed by atoms with E-state index in [1.165, 1.54) is 36.0 Å². The Labute approximate surface area is 190 Å². The largest absolute Gasteiger partial charge is 0.325 e. The van der Waals surface area contributed by atoms with Crippen molar-refractivity contribution in [2.45, 2.75) is 29.1 Å². The third kappa shape index (κ3) is 4.69. The Kier molecular flexibility index (Phi) is 6.05. The molecule has 3 aromatic carbocycles. The molecule has 9 heteroatoms. The number of nitrogens with one attached hydrogen (secondary N) is 1. The molecule has 0 aliphatic heterocycles. The zero-order chi connectivity index (χ0) is 22.9. The number of amides is 1. The second-order valence-corrected chi connectivity index (χ2v) is 10.2. The number of aryl methyl sites for hydroxylation is 1. The number of aromatic nitrogens is 2. The zero-order valence-electron chi connectivity index (χ0n) is 17.5. The Morgan fingerprint density at radius 2 is 1.69 bits per heavy atom. The number of thioether (sulfide) groups is 1. The van der Waals surface area contributed by atoms with Crippen LogP contribution in [0.4, 0.5) is 5.69 Å². The number of hydrogen-bond acceptors (Lipinski definition) is 5. The van der Waals surface area contributed by atoms with Crippen molar-refractivity contribution in [3.8, 4) is 5.69 Å². The predicted octanol–water partition coefficient (Wildman–Crippen LogP) is 4.10. The summed E-state index contributed by atoms with van der Waals surface area (Å²) < 4.78 is 24.8. The molecule has 7 nitrogen and oxygen atoms in total. The lowest BCUT2D eigenvalue weighted by molar-refractivity contribution is -0.115. The van der Waals surface area contributed by atoms with Gasteiger partial charge in [-0.1, -0.05) is 41.6 Å². The van der Waals surface area contributed by atoms with E-state index in [0.29, 0.717) is 10.8 Å². The molecule has 0 saturated heterocycles. The van der Waals surface area contributed by atoms with Crippen molar-refractivity contribution in [2.75, 3.05) is 5.32 Å². The van der Waals surface area contributed by atoms with Crippen molar-refractivity contribution in [3.05, 3.63) is 78.4 Å². The molecule has 0 spiro atoms. The number of fused-ring (bicyclic) bond motifs is 1. The monoisotopic (exact) mass is 466 g/mol. The summed E-state index contributed by atoms with van der Waals surface area (Å²) in [6.07, 6.45) is 0. The molecule has 0 bridgehead atoms. The van der Waals surface area contributed by atoms with Gasteiger partial charge in [-0.25, -0.2) is 18.5 Å². The first-order valence-electron chi connectivity index (χ1n) is 9.87. The Bertz CT molecular complexity index is 1380. The fraction of sp³-hybridized carbons (Fsp3) is 0.130. The van der Waals surface area contributed by atoms with Crippen molar-refractivity contribution in [1.29, 1.82) is 0 Å². The lowest BCUT2D eigenvalue weighted by atomic mass is 10.2. The van der Waals surface area contributed by atoms with E-state index in [4.69, 9.17) is 10.1 Å². The lowest BCUT2D eigenvalue weighted by Crippen LogP contribution is -2.23. The highest BCUT2D eigenvalue weighted by atomic mass is 32.2. The van der Waals surface area contributed by atoms with Gasteiger partial charge in [0.15, 0.2) is 5.16 Å². The summed E-state index contributed by atoms with van der Waals surface area (Å²) in [7, 11) is -3.78. The molecule has 0 aliphatic rings. The van der Waals surface area contributed by atoms with Gasteiger partial charge in [-0.05, 0) is 62.4 Å². The molecule has 164 valence electrons. The van der Waals surface area contributed by atoms with Crippen LogP contribution in [-0.2, 0) is 14.8 Å². The van der Waals surface area contributed by atoms with E-state index in [2.05, 4.69) is 5.32 Å². The van der Waals surface area contributed by atoms with Gasteiger partial charge < -0.3 is 5.32 Å². The highest BCUT2D eigenvalue weighted by Crippen LogP contribution is 2.31.